The van der Waals surface area contributed by atoms with Crippen LogP contribution in [0.4, 0.5) is 5.69 Å². The monoisotopic (exact) mass is 442 g/mol. The molecular weight excluding hydrogens is 423 g/mol. The second-order valence-corrected chi connectivity index (χ2v) is 8.91. The van der Waals surface area contributed by atoms with Crippen molar-refractivity contribution in [1.29, 1.82) is 0 Å². The number of halogens is 2. The fourth-order valence-electron chi connectivity index (χ4n) is 3.00. The van der Waals surface area contributed by atoms with Crippen molar-refractivity contribution >= 4 is 44.9 Å². The van der Waals surface area contributed by atoms with Gasteiger partial charge in [-0.3, -0.25) is 4.79 Å². The molecule has 1 amide bonds. The Morgan fingerprint density at radius 2 is 1.64 bits per heavy atom. The highest BCUT2D eigenvalue weighted by atomic mass is 35.5. The van der Waals surface area contributed by atoms with Crippen LogP contribution < -0.4 is 9.08 Å². The predicted molar refractivity (Wildman–Crippen MR) is 111 cm³/mol. The molecule has 1 heterocycles. The maximum atomic E-state index is 12.3. The maximum Gasteiger partial charge on any atom is 0.313 e. The molecule has 1 aliphatic heterocycles. The van der Waals surface area contributed by atoms with Crippen LogP contribution in [-0.4, -0.2) is 45.4 Å². The highest BCUT2D eigenvalue weighted by molar-refractivity contribution is 7.86. The standard InChI is InChI=1S/C19H20Cl2N2O4S/c1-14(24)22-8-10-23(11-9-22)16-3-5-17(6-4-16)27-28(25,26)13-15-2-7-18(20)19(21)12-15/h2-7,12H,8-11,13H2,1H3. The SMILES string of the molecule is CC(=O)N1CCN(c2ccc(OS(=O)(=O)Cc3ccc(Cl)c(Cl)c3)cc2)CC1. The number of benzene rings is 2. The molecule has 0 unspecified atom stereocenters. The third-order valence-electron chi connectivity index (χ3n) is 4.48. The van der Waals surface area contributed by atoms with Gasteiger partial charge in [-0.05, 0) is 42.0 Å². The van der Waals surface area contributed by atoms with Gasteiger partial charge in [0.1, 0.15) is 11.5 Å². The van der Waals surface area contributed by atoms with Crippen LogP contribution in [0.5, 0.6) is 5.75 Å². The lowest BCUT2D eigenvalue weighted by atomic mass is 10.2. The first-order chi connectivity index (χ1) is 13.2. The van der Waals surface area contributed by atoms with Crippen LogP contribution in [0.15, 0.2) is 42.5 Å². The number of hydrogen-bond donors (Lipinski definition) is 0. The van der Waals surface area contributed by atoms with E-state index in [9.17, 15) is 13.2 Å². The summed E-state index contributed by atoms with van der Waals surface area (Å²) >= 11 is 11.8. The largest absolute Gasteiger partial charge is 0.382 e. The van der Waals surface area contributed by atoms with Crippen molar-refractivity contribution < 1.29 is 17.4 Å². The minimum atomic E-state index is -3.83. The van der Waals surface area contributed by atoms with Crippen molar-refractivity contribution in [2.24, 2.45) is 0 Å². The lowest BCUT2D eigenvalue weighted by molar-refractivity contribution is -0.129. The van der Waals surface area contributed by atoms with Crippen molar-refractivity contribution in [3.63, 3.8) is 0 Å². The van der Waals surface area contributed by atoms with Crippen molar-refractivity contribution in [3.05, 3.63) is 58.1 Å². The van der Waals surface area contributed by atoms with Crippen LogP contribution in [0, 0.1) is 0 Å². The van der Waals surface area contributed by atoms with E-state index in [0.717, 1.165) is 18.8 Å². The number of rotatable bonds is 5. The number of carbonyl (C=O) groups excluding carboxylic acids is 1. The molecule has 1 saturated heterocycles. The molecule has 1 fully saturated rings. The Bertz CT molecular complexity index is 956. The molecule has 0 bridgehead atoms. The molecule has 0 radical (unpaired) electrons. The fraction of sp³-hybridized carbons (Fsp3) is 0.316. The molecule has 0 atom stereocenters. The Labute approximate surface area is 174 Å². The fourth-order valence-corrected chi connectivity index (χ4v) is 4.37. The van der Waals surface area contributed by atoms with Gasteiger partial charge >= 0.3 is 10.1 Å². The summed E-state index contributed by atoms with van der Waals surface area (Å²) in [5.41, 5.74) is 1.45. The second-order valence-electron chi connectivity index (χ2n) is 6.52. The van der Waals surface area contributed by atoms with Gasteiger partial charge in [-0.15, -0.1) is 0 Å². The van der Waals surface area contributed by atoms with Crippen molar-refractivity contribution in [2.75, 3.05) is 31.1 Å². The Morgan fingerprint density at radius 1 is 1.00 bits per heavy atom. The molecule has 0 aromatic heterocycles. The van der Waals surface area contributed by atoms with E-state index in [1.165, 1.54) is 6.07 Å². The third kappa shape index (κ3) is 5.31. The molecule has 6 nitrogen and oxygen atoms in total. The van der Waals surface area contributed by atoms with E-state index in [1.54, 1.807) is 31.2 Å². The molecule has 0 spiro atoms. The summed E-state index contributed by atoms with van der Waals surface area (Å²) in [5.74, 6) is 0.0142. The topological polar surface area (TPSA) is 66.9 Å². The molecule has 28 heavy (non-hydrogen) atoms. The summed E-state index contributed by atoms with van der Waals surface area (Å²) in [7, 11) is -3.83. The molecule has 0 saturated carbocycles. The number of anilines is 1. The Morgan fingerprint density at radius 3 is 2.21 bits per heavy atom. The van der Waals surface area contributed by atoms with Gasteiger partial charge in [0, 0.05) is 38.8 Å². The van der Waals surface area contributed by atoms with Crippen LogP contribution in [0.1, 0.15) is 12.5 Å². The van der Waals surface area contributed by atoms with Crippen LogP contribution in [0.2, 0.25) is 10.0 Å². The molecule has 2 aromatic carbocycles. The zero-order valence-corrected chi connectivity index (χ0v) is 17.6. The zero-order valence-electron chi connectivity index (χ0n) is 15.3. The van der Waals surface area contributed by atoms with Gasteiger partial charge in [-0.25, -0.2) is 0 Å². The summed E-state index contributed by atoms with van der Waals surface area (Å²) in [6.45, 7) is 4.38. The van der Waals surface area contributed by atoms with E-state index in [1.807, 2.05) is 17.0 Å². The number of amides is 1. The van der Waals surface area contributed by atoms with Gasteiger partial charge in [0.15, 0.2) is 0 Å². The highest BCUT2D eigenvalue weighted by Gasteiger charge is 2.19. The number of hydrogen-bond acceptors (Lipinski definition) is 5. The van der Waals surface area contributed by atoms with Crippen LogP contribution >= 0.6 is 23.2 Å². The minimum Gasteiger partial charge on any atom is -0.382 e. The molecule has 0 N–H and O–H groups in total. The summed E-state index contributed by atoms with van der Waals surface area (Å²) in [4.78, 5) is 15.4. The van der Waals surface area contributed by atoms with E-state index in [4.69, 9.17) is 27.4 Å². The van der Waals surface area contributed by atoms with E-state index in [2.05, 4.69) is 4.90 Å². The van der Waals surface area contributed by atoms with Gasteiger partial charge in [0.2, 0.25) is 5.91 Å². The van der Waals surface area contributed by atoms with Crippen molar-refractivity contribution in [2.45, 2.75) is 12.7 Å². The smallest absolute Gasteiger partial charge is 0.313 e. The van der Waals surface area contributed by atoms with Crippen molar-refractivity contribution in [1.82, 2.24) is 4.90 Å². The highest BCUT2D eigenvalue weighted by Crippen LogP contribution is 2.25. The summed E-state index contributed by atoms with van der Waals surface area (Å²) in [6.07, 6.45) is 0. The molecule has 0 aliphatic carbocycles. The molecule has 2 aromatic rings. The average molecular weight is 443 g/mol. The lowest BCUT2D eigenvalue weighted by Crippen LogP contribution is -2.48. The summed E-state index contributed by atoms with van der Waals surface area (Å²) in [5, 5.41) is 0.659. The molecule has 150 valence electrons. The molecular formula is C19H20Cl2N2O4S. The molecule has 1 aliphatic rings. The lowest BCUT2D eigenvalue weighted by Gasteiger charge is -2.35. The predicted octanol–water partition coefficient (Wildman–Crippen LogP) is 3.57. The number of nitrogens with zero attached hydrogens (tertiary/aromatic N) is 2. The Balaban J connectivity index is 1.62. The van der Waals surface area contributed by atoms with E-state index < -0.39 is 10.1 Å². The van der Waals surface area contributed by atoms with Gasteiger partial charge < -0.3 is 14.0 Å². The first-order valence-corrected chi connectivity index (χ1v) is 11.0. The van der Waals surface area contributed by atoms with Gasteiger partial charge in [-0.2, -0.15) is 8.42 Å². The average Bonchev–Trinajstić information content (AvgIpc) is 2.65. The van der Waals surface area contributed by atoms with Crippen LogP contribution in [-0.2, 0) is 20.7 Å². The Kier molecular flexibility index (Phi) is 6.37. The van der Waals surface area contributed by atoms with Gasteiger partial charge in [0.25, 0.3) is 0 Å². The first kappa shape index (κ1) is 20.8. The summed E-state index contributed by atoms with van der Waals surface area (Å²) in [6, 6.07) is 11.5. The van der Waals surface area contributed by atoms with E-state index in [0.29, 0.717) is 28.7 Å². The zero-order chi connectivity index (χ0) is 20.3. The minimum absolute atomic E-state index is 0.0792. The Hall–Kier alpha value is -1.96. The molecule has 3 rings (SSSR count). The third-order valence-corrected chi connectivity index (χ3v) is 6.35. The quantitative estimate of drug-likeness (QED) is 0.662. The number of piperazine rings is 1. The van der Waals surface area contributed by atoms with E-state index >= 15 is 0 Å². The maximum absolute atomic E-state index is 12.3. The van der Waals surface area contributed by atoms with E-state index in [-0.39, 0.29) is 17.4 Å². The number of carbonyl (C=O) groups is 1. The molecule has 9 heteroatoms. The van der Waals surface area contributed by atoms with Crippen LogP contribution in [0.3, 0.4) is 0 Å². The first-order valence-electron chi connectivity index (χ1n) is 8.70. The van der Waals surface area contributed by atoms with Gasteiger partial charge in [0.05, 0.1) is 10.0 Å². The normalized spacial score (nSPS) is 14.8. The van der Waals surface area contributed by atoms with Gasteiger partial charge in [-0.1, -0.05) is 29.3 Å². The van der Waals surface area contributed by atoms with Crippen molar-refractivity contribution in [3.8, 4) is 5.75 Å². The summed E-state index contributed by atoms with van der Waals surface area (Å²) < 4.78 is 29.8. The second kappa shape index (κ2) is 8.59. The van der Waals surface area contributed by atoms with Crippen LogP contribution in [0.25, 0.3) is 0 Å².